The first-order valence-corrected chi connectivity index (χ1v) is 5.45. The molecule has 0 saturated carbocycles. The zero-order valence-corrected chi connectivity index (χ0v) is 8.89. The van der Waals surface area contributed by atoms with Gasteiger partial charge in [-0.05, 0) is 54.4 Å². The van der Waals surface area contributed by atoms with E-state index in [1.54, 1.807) is 12.1 Å². The first-order chi connectivity index (χ1) is 6.66. The monoisotopic (exact) mass is 192 g/mol. The molecule has 0 spiro atoms. The van der Waals surface area contributed by atoms with Crippen molar-refractivity contribution in [2.45, 2.75) is 39.0 Å². The number of hydrogen-bond donors (Lipinski definition) is 0. The average molecular weight is 192 g/mol. The van der Waals surface area contributed by atoms with E-state index < -0.39 is 0 Å². The van der Waals surface area contributed by atoms with E-state index in [1.165, 1.54) is 24.0 Å². The van der Waals surface area contributed by atoms with Gasteiger partial charge in [-0.2, -0.15) is 0 Å². The molecule has 0 radical (unpaired) electrons. The van der Waals surface area contributed by atoms with Crippen molar-refractivity contribution >= 4 is 0 Å². The Morgan fingerprint density at radius 3 is 2.93 bits per heavy atom. The van der Waals surface area contributed by atoms with E-state index in [9.17, 15) is 4.39 Å². The summed E-state index contributed by atoms with van der Waals surface area (Å²) in [6.45, 7) is 4.50. The molecule has 0 fully saturated rings. The third-order valence-corrected chi connectivity index (χ3v) is 3.06. The van der Waals surface area contributed by atoms with Crippen LogP contribution < -0.4 is 0 Å². The molecule has 0 N–H and O–H groups in total. The predicted octanol–water partition coefficient (Wildman–Crippen LogP) is 3.90. The van der Waals surface area contributed by atoms with E-state index in [0.717, 1.165) is 12.3 Å². The molecule has 1 aliphatic carbocycles. The summed E-state index contributed by atoms with van der Waals surface area (Å²) in [5.74, 6) is 1.32. The lowest BCUT2D eigenvalue weighted by atomic mass is 9.92. The smallest absolute Gasteiger partial charge is 0.123 e. The molecule has 0 bridgehead atoms. The van der Waals surface area contributed by atoms with Crippen LogP contribution in [0.25, 0.3) is 0 Å². The number of fused-ring (bicyclic) bond motifs is 1. The van der Waals surface area contributed by atoms with Crippen molar-refractivity contribution in [3.8, 4) is 0 Å². The lowest BCUT2D eigenvalue weighted by Gasteiger charge is -2.13. The van der Waals surface area contributed by atoms with Crippen LogP contribution >= 0.6 is 0 Å². The van der Waals surface area contributed by atoms with Crippen LogP contribution in [0.3, 0.4) is 0 Å². The van der Waals surface area contributed by atoms with Crippen molar-refractivity contribution < 1.29 is 4.39 Å². The molecule has 0 saturated heterocycles. The van der Waals surface area contributed by atoms with E-state index in [1.807, 2.05) is 6.07 Å². The summed E-state index contributed by atoms with van der Waals surface area (Å²) in [5.41, 5.74) is 2.62. The van der Waals surface area contributed by atoms with Crippen LogP contribution in [0, 0.1) is 11.7 Å². The van der Waals surface area contributed by atoms with Gasteiger partial charge in [-0.25, -0.2) is 4.39 Å². The van der Waals surface area contributed by atoms with E-state index in [0.29, 0.717) is 5.92 Å². The van der Waals surface area contributed by atoms with Gasteiger partial charge in [0.25, 0.3) is 0 Å². The average Bonchev–Trinajstić information content (AvgIpc) is 2.47. The number of benzene rings is 1. The van der Waals surface area contributed by atoms with Gasteiger partial charge in [0.2, 0.25) is 0 Å². The van der Waals surface area contributed by atoms with Crippen molar-refractivity contribution in [2.24, 2.45) is 5.92 Å². The van der Waals surface area contributed by atoms with Crippen LogP contribution in [-0.4, -0.2) is 0 Å². The Kier molecular flexibility index (Phi) is 2.58. The van der Waals surface area contributed by atoms with E-state index >= 15 is 0 Å². The summed E-state index contributed by atoms with van der Waals surface area (Å²) >= 11 is 0. The van der Waals surface area contributed by atoms with Crippen LogP contribution in [0.2, 0.25) is 0 Å². The van der Waals surface area contributed by atoms with Crippen molar-refractivity contribution in [1.29, 1.82) is 0 Å². The summed E-state index contributed by atoms with van der Waals surface area (Å²) in [6.07, 6.45) is 3.50. The molecule has 0 aromatic heterocycles. The quantitative estimate of drug-likeness (QED) is 0.666. The zero-order valence-electron chi connectivity index (χ0n) is 8.89. The van der Waals surface area contributed by atoms with Crippen LogP contribution in [0.1, 0.15) is 43.7 Å². The highest BCUT2D eigenvalue weighted by Gasteiger charge is 2.23. The molecule has 1 unspecified atom stereocenters. The summed E-state index contributed by atoms with van der Waals surface area (Å²) in [6, 6.07) is 5.28. The van der Waals surface area contributed by atoms with Crippen molar-refractivity contribution in [2.75, 3.05) is 0 Å². The Balaban J connectivity index is 2.22. The maximum Gasteiger partial charge on any atom is 0.123 e. The van der Waals surface area contributed by atoms with Gasteiger partial charge in [-0.1, -0.05) is 19.9 Å². The first kappa shape index (κ1) is 9.70. The molecule has 0 nitrogen and oxygen atoms in total. The normalized spacial score (nSPS) is 20.1. The van der Waals surface area contributed by atoms with Crippen LogP contribution in [-0.2, 0) is 6.42 Å². The third-order valence-electron chi connectivity index (χ3n) is 3.06. The van der Waals surface area contributed by atoms with E-state index in [-0.39, 0.29) is 5.82 Å². The van der Waals surface area contributed by atoms with Crippen LogP contribution in [0.5, 0.6) is 0 Å². The van der Waals surface area contributed by atoms with Gasteiger partial charge in [-0.15, -0.1) is 0 Å². The highest BCUT2D eigenvalue weighted by Crippen LogP contribution is 2.37. The minimum atomic E-state index is -0.0889. The maximum atomic E-state index is 13.0. The fourth-order valence-electron chi connectivity index (χ4n) is 2.49. The summed E-state index contributed by atoms with van der Waals surface area (Å²) in [5, 5.41) is 0. The Bertz CT molecular complexity index is 328. The molecule has 1 heteroatoms. The lowest BCUT2D eigenvalue weighted by molar-refractivity contribution is 0.497. The van der Waals surface area contributed by atoms with Gasteiger partial charge in [0.15, 0.2) is 0 Å². The highest BCUT2D eigenvalue weighted by molar-refractivity contribution is 5.35. The number of rotatable bonds is 2. The van der Waals surface area contributed by atoms with Gasteiger partial charge >= 0.3 is 0 Å². The SMILES string of the molecule is CC(C)CC1CCc2cc(F)ccc21. The number of hydrogen-bond acceptors (Lipinski definition) is 0. The molecule has 76 valence electrons. The Morgan fingerprint density at radius 1 is 1.43 bits per heavy atom. The summed E-state index contributed by atoms with van der Waals surface area (Å²) in [7, 11) is 0. The second kappa shape index (κ2) is 3.72. The molecule has 1 atom stereocenters. The Hall–Kier alpha value is -0.850. The van der Waals surface area contributed by atoms with Gasteiger partial charge < -0.3 is 0 Å². The van der Waals surface area contributed by atoms with Gasteiger partial charge in [0.1, 0.15) is 5.82 Å². The van der Waals surface area contributed by atoms with Crippen LogP contribution in [0.4, 0.5) is 4.39 Å². The van der Waals surface area contributed by atoms with E-state index in [4.69, 9.17) is 0 Å². The number of halogens is 1. The highest BCUT2D eigenvalue weighted by atomic mass is 19.1. The molecule has 1 aliphatic rings. The van der Waals surface area contributed by atoms with E-state index in [2.05, 4.69) is 13.8 Å². The summed E-state index contributed by atoms with van der Waals surface area (Å²) < 4.78 is 13.0. The van der Waals surface area contributed by atoms with Crippen molar-refractivity contribution in [3.05, 3.63) is 35.1 Å². The molecular weight excluding hydrogens is 175 g/mol. The number of aryl methyl sites for hydroxylation is 1. The van der Waals surface area contributed by atoms with Gasteiger partial charge in [0.05, 0.1) is 0 Å². The zero-order chi connectivity index (χ0) is 10.1. The van der Waals surface area contributed by atoms with Crippen molar-refractivity contribution in [3.63, 3.8) is 0 Å². The Labute approximate surface area is 85.1 Å². The molecule has 0 aliphatic heterocycles. The molecule has 14 heavy (non-hydrogen) atoms. The molecule has 0 amide bonds. The fourth-order valence-corrected chi connectivity index (χ4v) is 2.49. The molecule has 1 aromatic rings. The minimum absolute atomic E-state index is 0.0889. The lowest BCUT2D eigenvalue weighted by Crippen LogP contribution is -1.98. The predicted molar refractivity (Wildman–Crippen MR) is 56.9 cm³/mol. The molecule has 0 heterocycles. The second-order valence-corrected chi connectivity index (χ2v) is 4.71. The molecular formula is C13H17F. The Morgan fingerprint density at radius 2 is 2.21 bits per heavy atom. The standard InChI is InChI=1S/C13H17F/c1-9(2)7-10-3-4-11-8-12(14)5-6-13(10)11/h5-6,8-10H,3-4,7H2,1-2H3. The first-order valence-electron chi connectivity index (χ1n) is 5.45. The van der Waals surface area contributed by atoms with Crippen LogP contribution in [0.15, 0.2) is 18.2 Å². The maximum absolute atomic E-state index is 13.0. The molecule has 1 aromatic carbocycles. The third kappa shape index (κ3) is 1.82. The minimum Gasteiger partial charge on any atom is -0.207 e. The van der Waals surface area contributed by atoms with Gasteiger partial charge in [0, 0.05) is 0 Å². The summed E-state index contributed by atoms with van der Waals surface area (Å²) in [4.78, 5) is 0. The topological polar surface area (TPSA) is 0 Å². The van der Waals surface area contributed by atoms with Gasteiger partial charge in [-0.3, -0.25) is 0 Å². The second-order valence-electron chi connectivity index (χ2n) is 4.71. The fraction of sp³-hybridized carbons (Fsp3) is 0.538. The largest absolute Gasteiger partial charge is 0.207 e. The van der Waals surface area contributed by atoms with Crippen molar-refractivity contribution in [1.82, 2.24) is 0 Å². The molecule has 2 rings (SSSR count).